The number of hydrazone groups is 1. The van der Waals surface area contributed by atoms with E-state index in [-0.39, 0.29) is 22.9 Å². The SMILES string of the molecule is C[C@]12CCCC[C@@H]1[C@@H]2C(=O)NN=Cc1ccc([N+](=O)[O-])cc1. The smallest absolute Gasteiger partial charge is 0.269 e. The predicted molar refractivity (Wildman–Crippen MR) is 82.4 cm³/mol. The molecule has 0 heterocycles. The molecule has 6 nitrogen and oxygen atoms in total. The van der Waals surface area contributed by atoms with Crippen LogP contribution in [0.15, 0.2) is 29.4 Å². The largest absolute Gasteiger partial charge is 0.273 e. The van der Waals surface area contributed by atoms with E-state index in [2.05, 4.69) is 17.5 Å². The lowest BCUT2D eigenvalue weighted by Gasteiger charge is -2.15. The number of nitro groups is 1. The lowest BCUT2D eigenvalue weighted by atomic mass is 9.90. The van der Waals surface area contributed by atoms with Gasteiger partial charge in [-0.15, -0.1) is 0 Å². The highest BCUT2D eigenvalue weighted by Gasteiger charge is 2.64. The van der Waals surface area contributed by atoms with Gasteiger partial charge in [-0.2, -0.15) is 5.10 Å². The number of non-ortho nitro benzene ring substituents is 1. The number of nitrogens with zero attached hydrogens (tertiary/aromatic N) is 2. The predicted octanol–water partition coefficient (Wildman–Crippen LogP) is 2.87. The van der Waals surface area contributed by atoms with Crippen molar-refractivity contribution in [3.05, 3.63) is 39.9 Å². The van der Waals surface area contributed by atoms with E-state index in [1.165, 1.54) is 31.2 Å². The van der Waals surface area contributed by atoms with Crippen LogP contribution in [-0.2, 0) is 4.79 Å². The van der Waals surface area contributed by atoms with Gasteiger partial charge in [0.2, 0.25) is 5.91 Å². The normalized spacial score (nSPS) is 29.9. The Morgan fingerprint density at radius 2 is 2.14 bits per heavy atom. The molecule has 2 aliphatic carbocycles. The number of benzene rings is 1. The van der Waals surface area contributed by atoms with Crippen LogP contribution in [0.25, 0.3) is 0 Å². The van der Waals surface area contributed by atoms with Crippen LogP contribution in [0.4, 0.5) is 5.69 Å². The molecule has 3 rings (SSSR count). The van der Waals surface area contributed by atoms with Crippen LogP contribution >= 0.6 is 0 Å². The Bertz CT molecular complexity index is 626. The standard InChI is InChI=1S/C16H19N3O3/c1-16-9-3-2-4-13(16)14(16)15(20)18-17-10-11-5-7-12(8-6-11)19(21)22/h5-8,10,13-14H,2-4,9H2,1H3,(H,18,20)/t13-,14-,16+/m1/s1. The molecule has 0 saturated heterocycles. The van der Waals surface area contributed by atoms with E-state index in [1.54, 1.807) is 12.1 Å². The second-order valence-corrected chi connectivity index (χ2v) is 6.42. The van der Waals surface area contributed by atoms with Crippen molar-refractivity contribution in [2.75, 3.05) is 0 Å². The third-order valence-electron chi connectivity index (χ3n) is 5.11. The van der Waals surface area contributed by atoms with Crippen molar-refractivity contribution in [1.29, 1.82) is 0 Å². The molecule has 1 N–H and O–H groups in total. The first-order valence-corrected chi connectivity index (χ1v) is 7.60. The van der Waals surface area contributed by atoms with Crippen molar-refractivity contribution in [1.82, 2.24) is 5.43 Å². The van der Waals surface area contributed by atoms with Gasteiger partial charge in [0.05, 0.1) is 11.1 Å². The van der Waals surface area contributed by atoms with E-state index in [0.717, 1.165) is 12.8 Å². The Morgan fingerprint density at radius 1 is 1.41 bits per heavy atom. The molecule has 2 aliphatic rings. The first kappa shape index (κ1) is 14.7. The summed E-state index contributed by atoms with van der Waals surface area (Å²) in [7, 11) is 0. The average molecular weight is 301 g/mol. The van der Waals surface area contributed by atoms with E-state index >= 15 is 0 Å². The molecule has 3 atom stereocenters. The van der Waals surface area contributed by atoms with Crippen LogP contribution in [-0.4, -0.2) is 17.0 Å². The maximum atomic E-state index is 12.2. The van der Waals surface area contributed by atoms with Gasteiger partial charge < -0.3 is 0 Å². The minimum atomic E-state index is -0.446. The molecule has 0 unspecified atom stereocenters. The van der Waals surface area contributed by atoms with Crippen molar-refractivity contribution in [3.63, 3.8) is 0 Å². The number of nitro benzene ring substituents is 1. The molecule has 1 aromatic rings. The van der Waals surface area contributed by atoms with Gasteiger partial charge in [0.15, 0.2) is 0 Å². The average Bonchev–Trinajstić information content (AvgIpc) is 3.13. The molecule has 2 saturated carbocycles. The number of carbonyl (C=O) groups excluding carboxylic acids is 1. The number of carbonyl (C=O) groups is 1. The van der Waals surface area contributed by atoms with E-state index in [1.807, 2.05) is 0 Å². The molecule has 22 heavy (non-hydrogen) atoms. The van der Waals surface area contributed by atoms with Crippen LogP contribution in [0.2, 0.25) is 0 Å². The Hall–Kier alpha value is -2.24. The highest BCUT2D eigenvalue weighted by molar-refractivity contribution is 5.86. The second-order valence-electron chi connectivity index (χ2n) is 6.42. The summed E-state index contributed by atoms with van der Waals surface area (Å²) in [4.78, 5) is 22.3. The van der Waals surface area contributed by atoms with E-state index in [4.69, 9.17) is 0 Å². The number of nitrogens with one attached hydrogen (secondary N) is 1. The fraction of sp³-hybridized carbons (Fsp3) is 0.500. The summed E-state index contributed by atoms with van der Waals surface area (Å²) < 4.78 is 0. The molecule has 0 radical (unpaired) electrons. The van der Waals surface area contributed by atoms with Crippen LogP contribution in [0.3, 0.4) is 0 Å². The summed E-state index contributed by atoms with van der Waals surface area (Å²) in [6.07, 6.45) is 6.21. The summed E-state index contributed by atoms with van der Waals surface area (Å²) in [5.74, 6) is 0.590. The summed E-state index contributed by atoms with van der Waals surface area (Å²) in [5, 5.41) is 14.5. The lowest BCUT2D eigenvalue weighted by Crippen LogP contribution is -2.22. The van der Waals surface area contributed by atoms with E-state index < -0.39 is 4.92 Å². The number of fused-ring (bicyclic) bond motifs is 1. The first-order chi connectivity index (χ1) is 10.5. The highest BCUT2D eigenvalue weighted by Crippen LogP contribution is 2.66. The molecule has 0 aliphatic heterocycles. The quantitative estimate of drug-likeness (QED) is 0.527. The van der Waals surface area contributed by atoms with E-state index in [0.29, 0.717) is 11.5 Å². The van der Waals surface area contributed by atoms with Crippen molar-refractivity contribution < 1.29 is 9.72 Å². The van der Waals surface area contributed by atoms with Gasteiger partial charge >= 0.3 is 0 Å². The Labute approximate surface area is 128 Å². The topological polar surface area (TPSA) is 84.6 Å². The maximum absolute atomic E-state index is 12.2. The fourth-order valence-corrected chi connectivity index (χ4v) is 3.77. The lowest BCUT2D eigenvalue weighted by molar-refractivity contribution is -0.384. The van der Waals surface area contributed by atoms with Gasteiger partial charge in [-0.05, 0) is 41.9 Å². The van der Waals surface area contributed by atoms with Gasteiger partial charge in [0.25, 0.3) is 5.69 Å². The maximum Gasteiger partial charge on any atom is 0.269 e. The summed E-state index contributed by atoms with van der Waals surface area (Å²) in [6.45, 7) is 2.20. The molecule has 0 bridgehead atoms. The highest BCUT2D eigenvalue weighted by atomic mass is 16.6. The third kappa shape index (κ3) is 2.61. The van der Waals surface area contributed by atoms with Crippen molar-refractivity contribution in [3.8, 4) is 0 Å². The Kier molecular flexibility index (Phi) is 3.68. The minimum absolute atomic E-state index is 0.00689. The minimum Gasteiger partial charge on any atom is -0.273 e. The molecule has 1 amide bonds. The molecular weight excluding hydrogens is 282 g/mol. The number of rotatable bonds is 4. The molecule has 0 spiro atoms. The van der Waals surface area contributed by atoms with E-state index in [9.17, 15) is 14.9 Å². The summed E-state index contributed by atoms with van der Waals surface area (Å²) in [6, 6.07) is 6.04. The first-order valence-electron chi connectivity index (χ1n) is 7.60. The van der Waals surface area contributed by atoms with Crippen LogP contribution < -0.4 is 5.43 Å². The number of hydrogen-bond acceptors (Lipinski definition) is 4. The fourth-order valence-electron chi connectivity index (χ4n) is 3.77. The molecule has 6 heteroatoms. The Balaban J connectivity index is 1.56. The van der Waals surface area contributed by atoms with Crippen LogP contribution in [0.5, 0.6) is 0 Å². The Morgan fingerprint density at radius 3 is 2.73 bits per heavy atom. The monoisotopic (exact) mass is 301 g/mol. The van der Waals surface area contributed by atoms with Gasteiger partial charge in [-0.3, -0.25) is 14.9 Å². The zero-order chi connectivity index (χ0) is 15.7. The second kappa shape index (κ2) is 5.51. The van der Waals surface area contributed by atoms with Gasteiger partial charge in [-0.1, -0.05) is 19.8 Å². The van der Waals surface area contributed by atoms with Gasteiger partial charge in [0.1, 0.15) is 0 Å². The van der Waals surface area contributed by atoms with Crippen molar-refractivity contribution >= 4 is 17.8 Å². The molecule has 1 aromatic carbocycles. The number of hydrogen-bond donors (Lipinski definition) is 1. The van der Waals surface area contributed by atoms with Crippen LogP contribution in [0, 0.1) is 27.4 Å². The molecule has 2 fully saturated rings. The van der Waals surface area contributed by atoms with Crippen LogP contribution in [0.1, 0.15) is 38.2 Å². The van der Waals surface area contributed by atoms with Crippen molar-refractivity contribution in [2.24, 2.45) is 22.4 Å². The van der Waals surface area contributed by atoms with Gasteiger partial charge in [0, 0.05) is 18.1 Å². The summed E-state index contributed by atoms with van der Waals surface area (Å²) >= 11 is 0. The summed E-state index contributed by atoms with van der Waals surface area (Å²) in [5.41, 5.74) is 3.53. The van der Waals surface area contributed by atoms with Crippen molar-refractivity contribution in [2.45, 2.75) is 32.6 Å². The zero-order valence-electron chi connectivity index (χ0n) is 12.5. The molecular formula is C16H19N3O3. The number of amides is 1. The molecule has 0 aromatic heterocycles. The van der Waals surface area contributed by atoms with Gasteiger partial charge in [-0.25, -0.2) is 5.43 Å². The zero-order valence-corrected chi connectivity index (χ0v) is 12.5. The molecule has 116 valence electrons. The third-order valence-corrected chi connectivity index (χ3v) is 5.11.